The lowest BCUT2D eigenvalue weighted by molar-refractivity contribution is -0.121. The number of hydrogen-bond donors (Lipinski definition) is 1. The summed E-state index contributed by atoms with van der Waals surface area (Å²) in [4.78, 5) is 41.6. The summed E-state index contributed by atoms with van der Waals surface area (Å²) < 4.78 is 2.37. The third-order valence-corrected chi connectivity index (χ3v) is 3.94. The van der Waals surface area contributed by atoms with Crippen molar-refractivity contribution in [2.24, 2.45) is 0 Å². The van der Waals surface area contributed by atoms with Gasteiger partial charge in [-0.15, -0.1) is 6.58 Å². The quantitative estimate of drug-likeness (QED) is 0.674. The predicted octanol–water partition coefficient (Wildman–Crippen LogP) is 1.06. The van der Waals surface area contributed by atoms with Gasteiger partial charge in [0.15, 0.2) is 0 Å². The lowest BCUT2D eigenvalue weighted by Gasteiger charge is -2.13. The molecule has 0 atom stereocenters. The molecule has 0 saturated carbocycles. The van der Waals surface area contributed by atoms with Crippen LogP contribution < -0.4 is 16.6 Å². The fourth-order valence-corrected chi connectivity index (χ4v) is 2.71. The van der Waals surface area contributed by atoms with Crippen molar-refractivity contribution in [3.05, 3.63) is 87.8 Å². The van der Waals surface area contributed by atoms with Crippen molar-refractivity contribution in [3.63, 3.8) is 0 Å². The van der Waals surface area contributed by atoms with Crippen molar-refractivity contribution >= 4 is 16.8 Å². The van der Waals surface area contributed by atoms with Crippen LogP contribution in [0.25, 0.3) is 10.9 Å². The van der Waals surface area contributed by atoms with Crippen LogP contribution in [0.4, 0.5) is 0 Å². The topological polar surface area (TPSA) is 86.0 Å². The fourth-order valence-electron chi connectivity index (χ4n) is 2.71. The largest absolute Gasteiger partial charge is 0.349 e. The maximum absolute atomic E-state index is 12.7. The van der Waals surface area contributed by atoms with E-state index in [1.54, 1.807) is 42.6 Å². The first-order chi connectivity index (χ1) is 12.6. The number of rotatable bonds is 6. The third-order valence-electron chi connectivity index (χ3n) is 3.94. The molecule has 1 N–H and O–H groups in total. The normalized spacial score (nSPS) is 10.6. The predicted molar refractivity (Wildman–Crippen MR) is 98.7 cm³/mol. The molecule has 7 heteroatoms. The van der Waals surface area contributed by atoms with Crippen LogP contribution in [0.1, 0.15) is 5.69 Å². The molecule has 2 heterocycles. The van der Waals surface area contributed by atoms with Gasteiger partial charge in [0.05, 0.1) is 23.1 Å². The summed E-state index contributed by atoms with van der Waals surface area (Å²) >= 11 is 0. The molecule has 7 nitrogen and oxygen atoms in total. The molecular formula is C19H18N4O3. The first kappa shape index (κ1) is 17.3. The van der Waals surface area contributed by atoms with E-state index in [0.717, 1.165) is 10.3 Å². The minimum Gasteiger partial charge on any atom is -0.349 e. The van der Waals surface area contributed by atoms with Crippen molar-refractivity contribution in [1.82, 2.24) is 19.4 Å². The number of hydrogen-bond acceptors (Lipinski definition) is 4. The molecule has 3 rings (SSSR count). The van der Waals surface area contributed by atoms with Crippen LogP contribution >= 0.6 is 0 Å². The van der Waals surface area contributed by atoms with Gasteiger partial charge < -0.3 is 5.32 Å². The van der Waals surface area contributed by atoms with Crippen LogP contribution in [0.15, 0.2) is 70.9 Å². The highest BCUT2D eigenvalue weighted by Crippen LogP contribution is 2.07. The highest BCUT2D eigenvalue weighted by molar-refractivity contribution is 5.81. The van der Waals surface area contributed by atoms with E-state index < -0.39 is 11.2 Å². The highest BCUT2D eigenvalue weighted by atomic mass is 16.2. The Labute approximate surface area is 149 Å². The first-order valence-corrected chi connectivity index (χ1v) is 8.11. The number of para-hydroxylation sites is 1. The average molecular weight is 350 g/mol. The number of nitrogens with one attached hydrogen (secondary N) is 1. The highest BCUT2D eigenvalue weighted by Gasteiger charge is 2.14. The summed E-state index contributed by atoms with van der Waals surface area (Å²) in [6.07, 6.45) is 3.12. The molecule has 0 spiro atoms. The van der Waals surface area contributed by atoms with Crippen LogP contribution in [-0.4, -0.2) is 20.0 Å². The summed E-state index contributed by atoms with van der Waals surface area (Å²) in [7, 11) is 0. The summed E-state index contributed by atoms with van der Waals surface area (Å²) in [6, 6.07) is 12.2. The van der Waals surface area contributed by atoms with Crippen molar-refractivity contribution in [2.45, 2.75) is 19.6 Å². The van der Waals surface area contributed by atoms with E-state index >= 15 is 0 Å². The minimum atomic E-state index is -0.540. The Hall–Kier alpha value is -3.48. The second kappa shape index (κ2) is 7.60. The molecule has 0 saturated heterocycles. The Morgan fingerprint density at radius 2 is 1.88 bits per heavy atom. The summed E-state index contributed by atoms with van der Waals surface area (Å²) in [5, 5.41) is 3.12. The van der Waals surface area contributed by atoms with Crippen molar-refractivity contribution in [3.8, 4) is 0 Å². The van der Waals surface area contributed by atoms with Crippen molar-refractivity contribution in [2.75, 3.05) is 0 Å². The van der Waals surface area contributed by atoms with Gasteiger partial charge in [-0.25, -0.2) is 4.79 Å². The Morgan fingerprint density at radius 1 is 1.12 bits per heavy atom. The van der Waals surface area contributed by atoms with Crippen molar-refractivity contribution < 1.29 is 4.79 Å². The second-order valence-corrected chi connectivity index (χ2v) is 5.69. The minimum absolute atomic E-state index is 0.0814. The van der Waals surface area contributed by atoms with E-state index in [-0.39, 0.29) is 25.5 Å². The van der Waals surface area contributed by atoms with Gasteiger partial charge in [0.2, 0.25) is 5.91 Å². The molecular weight excluding hydrogens is 332 g/mol. The molecule has 0 aliphatic rings. The molecule has 0 bridgehead atoms. The van der Waals surface area contributed by atoms with Gasteiger partial charge in [-0.3, -0.25) is 23.7 Å². The monoisotopic (exact) mass is 350 g/mol. The zero-order valence-electron chi connectivity index (χ0n) is 14.1. The van der Waals surface area contributed by atoms with Gasteiger partial charge in [0.1, 0.15) is 6.54 Å². The van der Waals surface area contributed by atoms with E-state index in [0.29, 0.717) is 10.9 Å². The SMILES string of the molecule is C=CCn1c(=O)c2ccccc2n(CC(=O)NCc2ccccn2)c1=O. The summed E-state index contributed by atoms with van der Waals surface area (Å²) in [6.45, 7) is 3.73. The first-order valence-electron chi connectivity index (χ1n) is 8.11. The van der Waals surface area contributed by atoms with E-state index in [1.807, 2.05) is 6.07 Å². The van der Waals surface area contributed by atoms with E-state index in [9.17, 15) is 14.4 Å². The second-order valence-electron chi connectivity index (χ2n) is 5.69. The van der Waals surface area contributed by atoms with Crippen molar-refractivity contribution in [1.29, 1.82) is 0 Å². The Bertz CT molecular complexity index is 1070. The smallest absolute Gasteiger partial charge is 0.332 e. The fraction of sp³-hybridized carbons (Fsp3) is 0.158. The van der Waals surface area contributed by atoms with E-state index in [1.165, 1.54) is 10.6 Å². The molecule has 2 aromatic heterocycles. The number of allylic oxidation sites excluding steroid dienone is 1. The molecule has 0 unspecified atom stereocenters. The Balaban J connectivity index is 1.94. The van der Waals surface area contributed by atoms with Crippen LogP contribution in [0.3, 0.4) is 0 Å². The third kappa shape index (κ3) is 3.46. The molecule has 0 radical (unpaired) electrons. The Morgan fingerprint density at radius 3 is 2.62 bits per heavy atom. The molecule has 3 aromatic rings. The maximum Gasteiger partial charge on any atom is 0.332 e. The van der Waals surface area contributed by atoms with Gasteiger partial charge in [-0.1, -0.05) is 24.3 Å². The van der Waals surface area contributed by atoms with Gasteiger partial charge in [-0.05, 0) is 24.3 Å². The van der Waals surface area contributed by atoms with Crippen LogP contribution in [-0.2, 0) is 24.4 Å². The van der Waals surface area contributed by atoms with Crippen LogP contribution in [0, 0.1) is 0 Å². The zero-order chi connectivity index (χ0) is 18.5. The number of benzene rings is 1. The molecule has 1 aromatic carbocycles. The zero-order valence-corrected chi connectivity index (χ0v) is 14.1. The standard InChI is InChI=1S/C19H18N4O3/c1-2-11-22-18(25)15-8-3-4-9-16(15)23(19(22)26)13-17(24)21-12-14-7-5-6-10-20-14/h2-10H,1,11-13H2,(H,21,24). The number of amides is 1. The summed E-state index contributed by atoms with van der Waals surface area (Å²) in [5.41, 5.74) is 0.211. The van der Waals surface area contributed by atoms with Crippen LogP contribution in [0.5, 0.6) is 0 Å². The average Bonchev–Trinajstić information content (AvgIpc) is 2.67. The number of carbonyl (C=O) groups is 1. The van der Waals surface area contributed by atoms with Gasteiger partial charge in [0, 0.05) is 12.7 Å². The van der Waals surface area contributed by atoms with Gasteiger partial charge >= 0.3 is 5.69 Å². The van der Waals surface area contributed by atoms with Gasteiger partial charge in [0.25, 0.3) is 5.56 Å². The van der Waals surface area contributed by atoms with Gasteiger partial charge in [-0.2, -0.15) is 0 Å². The molecule has 132 valence electrons. The Kier molecular flexibility index (Phi) is 5.07. The lowest BCUT2D eigenvalue weighted by Crippen LogP contribution is -2.42. The molecule has 0 fully saturated rings. The number of fused-ring (bicyclic) bond motifs is 1. The van der Waals surface area contributed by atoms with Crippen LogP contribution in [0.2, 0.25) is 0 Å². The maximum atomic E-state index is 12.7. The molecule has 1 amide bonds. The molecule has 0 aliphatic carbocycles. The molecule has 0 aliphatic heterocycles. The number of aromatic nitrogens is 3. The number of carbonyl (C=O) groups excluding carboxylic acids is 1. The van der Waals surface area contributed by atoms with E-state index in [4.69, 9.17) is 0 Å². The lowest BCUT2D eigenvalue weighted by atomic mass is 10.2. The summed E-state index contributed by atoms with van der Waals surface area (Å²) in [5.74, 6) is -0.341. The molecule has 26 heavy (non-hydrogen) atoms. The number of nitrogens with zero attached hydrogens (tertiary/aromatic N) is 3. The number of pyridine rings is 1. The van der Waals surface area contributed by atoms with E-state index in [2.05, 4.69) is 16.9 Å².